The Morgan fingerprint density at radius 2 is 2.06 bits per heavy atom. The molecule has 0 N–H and O–H groups in total. The standard InChI is InChI=1S/C8H12.C8H14/c1-8-6-4-2-3-5-7-8;1-3-5-7-8-6-4-2/h8H,2-4,6H2,1H3;1H,4-8H2,2H3. The monoisotopic (exact) mass is 218 g/mol. The van der Waals surface area contributed by atoms with Gasteiger partial charge in [-0.15, -0.1) is 24.2 Å². The molecule has 0 aromatic rings. The van der Waals surface area contributed by atoms with E-state index in [4.69, 9.17) is 6.42 Å². The number of hydrogen-bond donors (Lipinski definition) is 0. The van der Waals surface area contributed by atoms with Gasteiger partial charge in [-0.1, -0.05) is 39.5 Å². The Morgan fingerprint density at radius 3 is 2.75 bits per heavy atom. The molecule has 16 heavy (non-hydrogen) atoms. The summed E-state index contributed by atoms with van der Waals surface area (Å²) in [7, 11) is 0. The van der Waals surface area contributed by atoms with Crippen LogP contribution in [0.1, 0.15) is 71.6 Å². The van der Waals surface area contributed by atoms with E-state index in [9.17, 15) is 0 Å². The Hall–Kier alpha value is -0.880. The van der Waals surface area contributed by atoms with Crippen molar-refractivity contribution in [1.82, 2.24) is 0 Å². The fraction of sp³-hybridized carbons (Fsp3) is 0.750. The zero-order valence-corrected chi connectivity index (χ0v) is 11.0. The zero-order valence-electron chi connectivity index (χ0n) is 11.0. The molecule has 0 saturated heterocycles. The van der Waals surface area contributed by atoms with Gasteiger partial charge in [-0.05, 0) is 19.3 Å². The summed E-state index contributed by atoms with van der Waals surface area (Å²) in [6, 6.07) is 0. The van der Waals surface area contributed by atoms with Gasteiger partial charge in [-0.25, -0.2) is 0 Å². The van der Waals surface area contributed by atoms with Gasteiger partial charge in [0.05, 0.1) is 0 Å². The smallest absolute Gasteiger partial charge is 0.0174 e. The second-order valence-electron chi connectivity index (χ2n) is 4.48. The minimum Gasteiger partial charge on any atom is -0.120 e. The lowest BCUT2D eigenvalue weighted by Crippen LogP contribution is -1.85. The van der Waals surface area contributed by atoms with Crippen LogP contribution in [-0.2, 0) is 0 Å². The number of hydrogen-bond acceptors (Lipinski definition) is 0. The Labute approximate surface area is 102 Å². The first-order valence-electron chi connectivity index (χ1n) is 6.73. The van der Waals surface area contributed by atoms with Gasteiger partial charge in [0.1, 0.15) is 0 Å². The van der Waals surface area contributed by atoms with E-state index in [1.54, 1.807) is 0 Å². The second-order valence-corrected chi connectivity index (χ2v) is 4.48. The first kappa shape index (κ1) is 15.1. The van der Waals surface area contributed by atoms with Gasteiger partial charge in [-0.3, -0.25) is 0 Å². The molecule has 0 aromatic carbocycles. The highest BCUT2D eigenvalue weighted by molar-refractivity contribution is 5.03. The van der Waals surface area contributed by atoms with Gasteiger partial charge in [0.25, 0.3) is 0 Å². The molecule has 0 heterocycles. The highest BCUT2D eigenvalue weighted by Crippen LogP contribution is 2.10. The molecular formula is C16H26. The van der Waals surface area contributed by atoms with E-state index >= 15 is 0 Å². The summed E-state index contributed by atoms with van der Waals surface area (Å²) in [5, 5.41) is 0. The molecule has 0 spiro atoms. The van der Waals surface area contributed by atoms with Crippen LogP contribution in [0, 0.1) is 30.1 Å². The summed E-state index contributed by atoms with van der Waals surface area (Å²) in [6.07, 6.45) is 16.3. The summed E-state index contributed by atoms with van der Waals surface area (Å²) in [4.78, 5) is 0. The molecule has 1 atom stereocenters. The fourth-order valence-corrected chi connectivity index (χ4v) is 1.64. The first-order valence-corrected chi connectivity index (χ1v) is 6.73. The number of terminal acetylenes is 1. The highest BCUT2D eigenvalue weighted by atomic mass is 14.0. The van der Waals surface area contributed by atoms with Crippen molar-refractivity contribution in [2.24, 2.45) is 5.92 Å². The lowest BCUT2D eigenvalue weighted by Gasteiger charge is -1.96. The van der Waals surface area contributed by atoms with Gasteiger partial charge in [0, 0.05) is 18.8 Å². The van der Waals surface area contributed by atoms with Crippen molar-refractivity contribution >= 4 is 0 Å². The van der Waals surface area contributed by atoms with Crippen molar-refractivity contribution in [3.05, 3.63) is 0 Å². The summed E-state index contributed by atoms with van der Waals surface area (Å²) in [6.45, 7) is 4.41. The molecule has 0 aromatic heterocycles. The summed E-state index contributed by atoms with van der Waals surface area (Å²) in [5.74, 6) is 9.63. The van der Waals surface area contributed by atoms with E-state index in [0.717, 1.165) is 12.8 Å². The first-order chi connectivity index (χ1) is 7.81. The van der Waals surface area contributed by atoms with E-state index in [0.29, 0.717) is 5.92 Å². The van der Waals surface area contributed by atoms with Crippen molar-refractivity contribution in [1.29, 1.82) is 0 Å². The zero-order chi connectivity index (χ0) is 12.1. The third-order valence-electron chi connectivity index (χ3n) is 2.71. The largest absolute Gasteiger partial charge is 0.120 e. The molecule has 1 rings (SSSR count). The Balaban J connectivity index is 0.000000281. The van der Waals surface area contributed by atoms with Gasteiger partial charge >= 0.3 is 0 Å². The molecule has 1 aliphatic carbocycles. The molecule has 0 radical (unpaired) electrons. The van der Waals surface area contributed by atoms with E-state index in [1.807, 2.05) is 0 Å². The molecule has 0 nitrogen and oxygen atoms in total. The Bertz CT molecular complexity index is 233. The van der Waals surface area contributed by atoms with Crippen LogP contribution in [0.4, 0.5) is 0 Å². The summed E-state index contributed by atoms with van der Waals surface area (Å²) >= 11 is 0. The van der Waals surface area contributed by atoms with Gasteiger partial charge < -0.3 is 0 Å². The van der Waals surface area contributed by atoms with Crippen LogP contribution in [0.3, 0.4) is 0 Å². The minimum atomic E-state index is 0.664. The SMILES string of the molecule is C#CCCCCCC.CC1C#CCCCC1. The van der Waals surface area contributed by atoms with Crippen molar-refractivity contribution < 1.29 is 0 Å². The van der Waals surface area contributed by atoms with Gasteiger partial charge in [0.15, 0.2) is 0 Å². The average Bonchev–Trinajstić information content (AvgIpc) is 2.53. The van der Waals surface area contributed by atoms with Crippen LogP contribution in [0.5, 0.6) is 0 Å². The molecule has 90 valence electrons. The Kier molecular flexibility index (Phi) is 11.5. The average molecular weight is 218 g/mol. The van der Waals surface area contributed by atoms with E-state index < -0.39 is 0 Å². The van der Waals surface area contributed by atoms with Crippen molar-refractivity contribution in [2.45, 2.75) is 71.6 Å². The highest BCUT2D eigenvalue weighted by Gasteiger charge is 1.98. The second kappa shape index (κ2) is 12.2. The fourth-order valence-electron chi connectivity index (χ4n) is 1.64. The van der Waals surface area contributed by atoms with Crippen molar-refractivity contribution in [3.8, 4) is 24.2 Å². The molecule has 0 fully saturated rings. The quantitative estimate of drug-likeness (QED) is 0.470. The van der Waals surface area contributed by atoms with Crippen LogP contribution in [0.25, 0.3) is 0 Å². The maximum Gasteiger partial charge on any atom is 0.0174 e. The normalized spacial score (nSPS) is 18.2. The molecule has 0 bridgehead atoms. The minimum absolute atomic E-state index is 0.664. The predicted molar refractivity (Wildman–Crippen MR) is 73.0 cm³/mol. The van der Waals surface area contributed by atoms with Crippen molar-refractivity contribution in [2.75, 3.05) is 0 Å². The molecule has 0 heteroatoms. The van der Waals surface area contributed by atoms with E-state index in [2.05, 4.69) is 31.6 Å². The third-order valence-corrected chi connectivity index (χ3v) is 2.71. The van der Waals surface area contributed by atoms with Crippen LogP contribution in [-0.4, -0.2) is 0 Å². The van der Waals surface area contributed by atoms with Gasteiger partial charge in [0.2, 0.25) is 0 Å². The number of unbranched alkanes of at least 4 members (excludes halogenated alkanes) is 4. The van der Waals surface area contributed by atoms with Crippen LogP contribution >= 0.6 is 0 Å². The molecule has 0 amide bonds. The molecule has 0 aliphatic heterocycles. The van der Waals surface area contributed by atoms with Crippen LogP contribution in [0.15, 0.2) is 0 Å². The number of rotatable bonds is 4. The van der Waals surface area contributed by atoms with Gasteiger partial charge in [-0.2, -0.15) is 0 Å². The molecule has 1 aliphatic rings. The predicted octanol–water partition coefficient (Wildman–Crippen LogP) is 4.79. The lowest BCUT2D eigenvalue weighted by molar-refractivity contribution is 0.614. The third kappa shape index (κ3) is 11.2. The molecular weight excluding hydrogens is 192 g/mol. The van der Waals surface area contributed by atoms with Crippen molar-refractivity contribution in [3.63, 3.8) is 0 Å². The summed E-state index contributed by atoms with van der Waals surface area (Å²) in [5.41, 5.74) is 0. The lowest BCUT2D eigenvalue weighted by atomic mass is 10.1. The van der Waals surface area contributed by atoms with Crippen LogP contribution < -0.4 is 0 Å². The molecule has 1 unspecified atom stereocenters. The maximum atomic E-state index is 5.06. The van der Waals surface area contributed by atoms with Crippen LogP contribution in [0.2, 0.25) is 0 Å². The van der Waals surface area contributed by atoms with E-state index in [1.165, 1.54) is 44.9 Å². The Morgan fingerprint density at radius 1 is 1.25 bits per heavy atom. The maximum absolute atomic E-state index is 5.06. The topological polar surface area (TPSA) is 0 Å². The van der Waals surface area contributed by atoms with E-state index in [-0.39, 0.29) is 0 Å². The summed E-state index contributed by atoms with van der Waals surface area (Å²) < 4.78 is 0. The molecule has 0 saturated carbocycles.